The lowest BCUT2D eigenvalue weighted by atomic mass is 9.64. The van der Waals surface area contributed by atoms with Crippen molar-refractivity contribution in [2.75, 3.05) is 26.2 Å². The summed E-state index contributed by atoms with van der Waals surface area (Å²) in [6.07, 6.45) is 2.13. The third-order valence-corrected chi connectivity index (χ3v) is 7.92. The van der Waals surface area contributed by atoms with Crippen LogP contribution in [0.25, 0.3) is 0 Å². The number of rotatable bonds is 6. The minimum Gasteiger partial charge on any atom is -0.380 e. The van der Waals surface area contributed by atoms with E-state index in [2.05, 4.69) is 0 Å². The van der Waals surface area contributed by atoms with Gasteiger partial charge in [-0.25, -0.2) is 0 Å². The monoisotopic (exact) mass is 426 g/mol. The Kier molecular flexibility index (Phi) is 5.48. The van der Waals surface area contributed by atoms with Crippen LogP contribution in [0, 0.1) is 18.8 Å². The molecule has 1 N–H and O–H groups in total. The number of nitrogens with zero attached hydrogens (tertiary/aromatic N) is 1. The van der Waals surface area contributed by atoms with Gasteiger partial charge in [0.1, 0.15) is 12.1 Å². The molecule has 3 fully saturated rings. The number of piperidine rings is 3. The van der Waals surface area contributed by atoms with Crippen LogP contribution in [0.5, 0.6) is 0 Å². The van der Waals surface area contributed by atoms with Gasteiger partial charge in [-0.05, 0) is 24.0 Å². The van der Waals surface area contributed by atoms with Crippen LogP contribution < -0.4 is 0 Å². The summed E-state index contributed by atoms with van der Waals surface area (Å²) in [5.41, 5.74) is 2.82. The Morgan fingerprint density at radius 2 is 1.41 bits per heavy atom. The second-order valence-electron chi connectivity index (χ2n) is 9.86. The van der Waals surface area contributed by atoms with E-state index in [1.165, 1.54) is 5.56 Å². The molecule has 3 saturated heterocycles. The number of carbonyl (C=O) groups excluding carboxylic acids is 1. The van der Waals surface area contributed by atoms with Gasteiger partial charge >= 0.3 is 0 Å². The van der Waals surface area contributed by atoms with E-state index in [-0.39, 0.29) is 11.7 Å². The number of carbonyl (C=O) groups is 1. The quantitative estimate of drug-likeness (QED) is 0.446. The number of quaternary nitrogens is 1. The van der Waals surface area contributed by atoms with E-state index in [9.17, 15) is 9.90 Å². The predicted octanol–water partition coefficient (Wildman–Crippen LogP) is 4.97. The van der Waals surface area contributed by atoms with Gasteiger partial charge in [-0.15, -0.1) is 0 Å². The SMILES string of the molecule is Cc1ccc(C(=O)C[N+]23CCC(CC2)[C@@H](C(O)(c2ccccc2)c2ccccc2)C3)cc1. The van der Waals surface area contributed by atoms with Gasteiger partial charge in [0, 0.05) is 24.3 Å². The summed E-state index contributed by atoms with van der Waals surface area (Å²) in [5, 5.41) is 12.4. The second kappa shape index (κ2) is 8.31. The standard InChI is InChI=1S/C29H32NO2/c1-22-12-14-24(15-13-22)28(31)21-30-18-16-23(17-19-30)27(20-30)29(32,25-8-4-2-5-9-25)26-10-6-3-7-11-26/h2-15,23,27,32H,16-21H2,1H3/q+1/t23?,27-,30?/m0/s1. The summed E-state index contributed by atoms with van der Waals surface area (Å²) >= 11 is 0. The number of hydrogen-bond donors (Lipinski definition) is 1. The zero-order valence-electron chi connectivity index (χ0n) is 18.8. The lowest BCUT2D eigenvalue weighted by Gasteiger charge is -2.56. The number of aryl methyl sites for hydroxylation is 1. The van der Waals surface area contributed by atoms with Crippen molar-refractivity contribution in [3.63, 3.8) is 0 Å². The molecule has 3 aromatic carbocycles. The van der Waals surface area contributed by atoms with Crippen molar-refractivity contribution >= 4 is 5.78 Å². The lowest BCUT2D eigenvalue weighted by Crippen LogP contribution is -2.66. The van der Waals surface area contributed by atoms with Gasteiger partial charge in [-0.2, -0.15) is 0 Å². The number of hydrogen-bond acceptors (Lipinski definition) is 2. The Balaban J connectivity index is 1.49. The molecule has 3 aromatic rings. The molecule has 0 amide bonds. The van der Waals surface area contributed by atoms with Gasteiger partial charge in [0.2, 0.25) is 5.78 Å². The third-order valence-electron chi connectivity index (χ3n) is 7.92. The summed E-state index contributed by atoms with van der Waals surface area (Å²) in [4.78, 5) is 13.2. The van der Waals surface area contributed by atoms with E-state index >= 15 is 0 Å². The van der Waals surface area contributed by atoms with Crippen molar-refractivity contribution in [3.8, 4) is 0 Å². The highest BCUT2D eigenvalue weighted by Crippen LogP contribution is 2.49. The summed E-state index contributed by atoms with van der Waals surface area (Å²) in [7, 11) is 0. The molecule has 0 spiro atoms. The number of ketones is 1. The Morgan fingerprint density at radius 1 is 0.875 bits per heavy atom. The molecule has 3 nitrogen and oxygen atoms in total. The maximum absolute atomic E-state index is 13.2. The number of Topliss-reactive ketones (excluding diaryl/α,β-unsaturated/α-hetero) is 1. The smallest absolute Gasteiger partial charge is 0.216 e. The molecule has 32 heavy (non-hydrogen) atoms. The van der Waals surface area contributed by atoms with Gasteiger partial charge in [0.05, 0.1) is 19.6 Å². The normalized spacial score (nSPS) is 24.9. The molecule has 0 radical (unpaired) electrons. The largest absolute Gasteiger partial charge is 0.380 e. The predicted molar refractivity (Wildman–Crippen MR) is 127 cm³/mol. The lowest BCUT2D eigenvalue weighted by molar-refractivity contribution is -0.940. The minimum absolute atomic E-state index is 0.0839. The first-order valence-electron chi connectivity index (χ1n) is 11.8. The maximum Gasteiger partial charge on any atom is 0.216 e. The van der Waals surface area contributed by atoms with Gasteiger partial charge < -0.3 is 9.59 Å². The molecular formula is C29H32NO2+. The molecule has 2 bridgehead atoms. The van der Waals surface area contributed by atoms with Crippen LogP contribution in [0.2, 0.25) is 0 Å². The van der Waals surface area contributed by atoms with Crippen molar-refractivity contribution in [3.05, 3.63) is 107 Å². The first-order valence-corrected chi connectivity index (χ1v) is 11.8. The van der Waals surface area contributed by atoms with Crippen molar-refractivity contribution in [1.29, 1.82) is 0 Å². The number of aliphatic hydroxyl groups is 1. The molecule has 0 saturated carbocycles. The van der Waals surface area contributed by atoms with Gasteiger partial charge in [0.25, 0.3) is 0 Å². The molecule has 3 heteroatoms. The molecule has 6 rings (SSSR count). The molecule has 3 aliphatic rings. The Bertz CT molecular complexity index is 1030. The van der Waals surface area contributed by atoms with Crippen LogP contribution in [-0.4, -0.2) is 41.6 Å². The van der Waals surface area contributed by atoms with Crippen molar-refractivity contribution in [2.24, 2.45) is 11.8 Å². The molecule has 164 valence electrons. The first-order chi connectivity index (χ1) is 15.5. The van der Waals surface area contributed by atoms with Crippen LogP contribution in [0.3, 0.4) is 0 Å². The molecule has 0 aliphatic carbocycles. The van der Waals surface area contributed by atoms with E-state index in [0.717, 1.165) is 53.6 Å². The summed E-state index contributed by atoms with van der Waals surface area (Å²) in [5.74, 6) is 0.766. The fraction of sp³-hybridized carbons (Fsp3) is 0.345. The highest BCUT2D eigenvalue weighted by atomic mass is 16.3. The van der Waals surface area contributed by atoms with Crippen LogP contribution in [0.4, 0.5) is 0 Å². The van der Waals surface area contributed by atoms with Crippen LogP contribution in [-0.2, 0) is 5.60 Å². The van der Waals surface area contributed by atoms with Crippen molar-refractivity contribution < 1.29 is 14.4 Å². The van der Waals surface area contributed by atoms with E-state index in [4.69, 9.17) is 0 Å². The van der Waals surface area contributed by atoms with Gasteiger partial charge in [0.15, 0.2) is 0 Å². The van der Waals surface area contributed by atoms with Gasteiger partial charge in [-0.1, -0.05) is 90.5 Å². The molecule has 1 atom stereocenters. The Labute approximate surface area is 190 Å². The average Bonchev–Trinajstić information content (AvgIpc) is 2.85. The van der Waals surface area contributed by atoms with Crippen LogP contribution in [0.15, 0.2) is 84.9 Å². The van der Waals surface area contributed by atoms with Crippen LogP contribution >= 0.6 is 0 Å². The van der Waals surface area contributed by atoms with E-state index in [0.29, 0.717) is 12.5 Å². The average molecular weight is 427 g/mol. The highest BCUT2D eigenvalue weighted by Gasteiger charge is 2.55. The summed E-state index contributed by atoms with van der Waals surface area (Å²) in [6, 6.07) is 28.2. The fourth-order valence-electron chi connectivity index (χ4n) is 6.10. The first kappa shape index (κ1) is 21.1. The molecule has 3 heterocycles. The van der Waals surface area contributed by atoms with Crippen LogP contribution in [0.1, 0.15) is 39.9 Å². The molecule has 0 aromatic heterocycles. The molecule has 0 unspecified atom stereocenters. The zero-order chi connectivity index (χ0) is 22.2. The van der Waals surface area contributed by atoms with Gasteiger partial charge in [-0.3, -0.25) is 4.79 Å². The summed E-state index contributed by atoms with van der Waals surface area (Å²) in [6.45, 7) is 5.45. The fourth-order valence-corrected chi connectivity index (χ4v) is 6.10. The summed E-state index contributed by atoms with van der Waals surface area (Å²) < 4.78 is 0.788. The van der Waals surface area contributed by atoms with E-state index in [1.807, 2.05) is 91.9 Å². The van der Waals surface area contributed by atoms with Crippen molar-refractivity contribution in [1.82, 2.24) is 0 Å². The second-order valence-corrected chi connectivity index (χ2v) is 9.86. The third kappa shape index (κ3) is 3.70. The molecular weight excluding hydrogens is 394 g/mol. The maximum atomic E-state index is 13.2. The molecule has 3 aliphatic heterocycles. The minimum atomic E-state index is -1.05. The topological polar surface area (TPSA) is 37.3 Å². The number of benzene rings is 3. The highest BCUT2D eigenvalue weighted by molar-refractivity contribution is 5.97. The van der Waals surface area contributed by atoms with E-state index < -0.39 is 5.60 Å². The van der Waals surface area contributed by atoms with Crippen molar-refractivity contribution in [2.45, 2.75) is 25.4 Å². The van der Waals surface area contributed by atoms with E-state index in [1.54, 1.807) is 0 Å². The Morgan fingerprint density at radius 3 is 1.94 bits per heavy atom. The number of fused-ring (bicyclic) bond motifs is 3. The zero-order valence-corrected chi connectivity index (χ0v) is 18.8. The Hall–Kier alpha value is -2.75.